The van der Waals surface area contributed by atoms with E-state index in [2.05, 4.69) is 103 Å². The van der Waals surface area contributed by atoms with Crippen molar-refractivity contribution in [2.24, 2.45) is 5.92 Å². The molecule has 3 aromatic carbocycles. The van der Waals surface area contributed by atoms with Crippen LogP contribution in [0.15, 0.2) is 77.7 Å². The maximum absolute atomic E-state index is 6.48. The molecule has 36 heavy (non-hydrogen) atoms. The van der Waals surface area contributed by atoms with Gasteiger partial charge in [0.15, 0.2) is 0 Å². The Morgan fingerprint density at radius 1 is 0.972 bits per heavy atom. The molecule has 4 aliphatic rings. The van der Waals surface area contributed by atoms with Crippen molar-refractivity contribution in [3.05, 3.63) is 95.1 Å². The lowest BCUT2D eigenvalue weighted by atomic mass is 9.70. The van der Waals surface area contributed by atoms with E-state index in [1.165, 1.54) is 53.1 Å². The van der Waals surface area contributed by atoms with Crippen molar-refractivity contribution in [2.75, 3.05) is 19.3 Å². The van der Waals surface area contributed by atoms with Gasteiger partial charge in [-0.3, -0.25) is 4.90 Å². The Balaban J connectivity index is 1.34. The molecule has 2 bridgehead atoms. The molecule has 7 rings (SSSR count). The summed E-state index contributed by atoms with van der Waals surface area (Å²) in [5.41, 5.74) is 5.39. The van der Waals surface area contributed by atoms with Gasteiger partial charge in [0.05, 0.1) is 0 Å². The summed E-state index contributed by atoms with van der Waals surface area (Å²) >= 11 is 1.83. The van der Waals surface area contributed by atoms with Gasteiger partial charge in [0.1, 0.15) is 11.4 Å². The van der Waals surface area contributed by atoms with E-state index in [1.54, 1.807) is 0 Å². The Kier molecular flexibility index (Phi) is 6.62. The first-order chi connectivity index (χ1) is 17.5. The Labute approximate surface area is 220 Å². The summed E-state index contributed by atoms with van der Waals surface area (Å²) in [7, 11) is 0. The average molecular weight is 499 g/mol. The number of hydrogen-bond acceptors (Lipinski definition) is 4. The van der Waals surface area contributed by atoms with Crippen molar-refractivity contribution in [1.82, 2.24) is 10.2 Å². The normalized spacial score (nSPS) is 26.1. The van der Waals surface area contributed by atoms with Gasteiger partial charge in [-0.1, -0.05) is 60.7 Å². The van der Waals surface area contributed by atoms with E-state index in [9.17, 15) is 0 Å². The van der Waals surface area contributed by atoms with Crippen molar-refractivity contribution < 1.29 is 4.74 Å². The number of rotatable bonds is 7. The molecule has 0 saturated carbocycles. The number of benzene rings is 3. The molecule has 0 amide bonds. The highest BCUT2D eigenvalue weighted by Gasteiger charge is 2.46. The summed E-state index contributed by atoms with van der Waals surface area (Å²) in [6.45, 7) is 7.68. The summed E-state index contributed by atoms with van der Waals surface area (Å²) in [5.74, 6) is 2.18. The molecule has 2 unspecified atom stereocenters. The molecular weight excluding hydrogens is 460 g/mol. The molecule has 3 nitrogen and oxygen atoms in total. The minimum atomic E-state index is -0.127. The second kappa shape index (κ2) is 9.89. The van der Waals surface area contributed by atoms with Gasteiger partial charge in [-0.25, -0.2) is 0 Å². The van der Waals surface area contributed by atoms with Crippen LogP contribution in [-0.2, 0) is 13.0 Å². The Bertz CT molecular complexity index is 1150. The topological polar surface area (TPSA) is 24.5 Å². The van der Waals surface area contributed by atoms with Crippen LogP contribution in [0.5, 0.6) is 5.75 Å². The minimum Gasteiger partial charge on any atom is -0.487 e. The number of ether oxygens (including phenoxy) is 1. The van der Waals surface area contributed by atoms with Crippen LogP contribution < -0.4 is 10.1 Å². The van der Waals surface area contributed by atoms with Gasteiger partial charge < -0.3 is 10.1 Å². The fraction of sp³-hybridized carbons (Fsp3) is 0.438. The number of thioether (sulfide) groups is 1. The maximum Gasteiger partial charge on any atom is 0.128 e. The summed E-state index contributed by atoms with van der Waals surface area (Å²) in [6.07, 6.45) is 5.73. The van der Waals surface area contributed by atoms with Crippen molar-refractivity contribution >= 4 is 11.8 Å². The molecule has 0 aromatic heterocycles. The van der Waals surface area contributed by atoms with Crippen LogP contribution in [0.1, 0.15) is 54.9 Å². The predicted octanol–water partition coefficient (Wildman–Crippen LogP) is 6.51. The SMILES string of the molecule is CSc1cc(CNC2C3CCN(CC3)C2C(c2ccccc2)c2ccccc2)c2c(c1)CC(C)(C)O2. The third-order valence-corrected chi connectivity index (χ3v) is 9.21. The van der Waals surface area contributed by atoms with Crippen LogP contribution in [0.2, 0.25) is 0 Å². The van der Waals surface area contributed by atoms with Crippen LogP contribution in [0, 0.1) is 5.92 Å². The minimum absolute atomic E-state index is 0.127. The van der Waals surface area contributed by atoms with Crippen molar-refractivity contribution in [1.29, 1.82) is 0 Å². The molecule has 2 atom stereocenters. The first-order valence-electron chi connectivity index (χ1n) is 13.5. The molecule has 3 aromatic rings. The van der Waals surface area contributed by atoms with Crippen molar-refractivity contribution in [3.8, 4) is 5.75 Å². The smallest absolute Gasteiger partial charge is 0.128 e. The van der Waals surface area contributed by atoms with Crippen LogP contribution in [0.3, 0.4) is 0 Å². The van der Waals surface area contributed by atoms with E-state index >= 15 is 0 Å². The number of nitrogens with one attached hydrogen (secondary N) is 1. The summed E-state index contributed by atoms with van der Waals surface area (Å²) in [6, 6.07) is 27.9. The quantitative estimate of drug-likeness (QED) is 0.376. The zero-order valence-corrected chi connectivity index (χ0v) is 22.6. The molecule has 0 radical (unpaired) electrons. The van der Waals surface area contributed by atoms with E-state index in [1.807, 2.05) is 11.8 Å². The number of nitrogens with zero attached hydrogens (tertiary/aromatic N) is 1. The lowest BCUT2D eigenvalue weighted by Gasteiger charge is -2.54. The van der Waals surface area contributed by atoms with Crippen molar-refractivity contribution in [3.63, 3.8) is 0 Å². The summed E-state index contributed by atoms with van der Waals surface area (Å²) in [4.78, 5) is 4.11. The third-order valence-electron chi connectivity index (χ3n) is 8.51. The van der Waals surface area contributed by atoms with Crippen LogP contribution in [0.25, 0.3) is 0 Å². The number of piperidine rings is 3. The molecule has 0 aliphatic carbocycles. The highest BCUT2D eigenvalue weighted by atomic mass is 32.2. The zero-order chi connectivity index (χ0) is 24.7. The molecule has 3 saturated heterocycles. The average Bonchev–Trinajstić information content (AvgIpc) is 3.23. The van der Waals surface area contributed by atoms with Gasteiger partial charge in [-0.2, -0.15) is 0 Å². The lowest BCUT2D eigenvalue weighted by molar-refractivity contribution is 0.00454. The van der Waals surface area contributed by atoms with Gasteiger partial charge in [-0.05, 0) is 80.8 Å². The highest BCUT2D eigenvalue weighted by molar-refractivity contribution is 7.98. The van der Waals surface area contributed by atoms with Gasteiger partial charge in [0.25, 0.3) is 0 Å². The number of hydrogen-bond donors (Lipinski definition) is 1. The van der Waals surface area contributed by atoms with E-state index in [0.717, 1.165) is 18.7 Å². The molecular formula is C32H38N2OS. The van der Waals surface area contributed by atoms with Crippen LogP contribution >= 0.6 is 11.8 Å². The standard InChI is InChI=1S/C32H38N2OS/c1-32(2)20-25-18-27(36-3)19-26(31(25)35-32)21-33-29-24-14-16-34(17-15-24)30(29)28(22-10-6-4-7-11-22)23-12-8-5-9-13-23/h4-13,18-19,24,28-30,33H,14-17,20-21H2,1-3H3. The Morgan fingerprint density at radius 3 is 2.22 bits per heavy atom. The molecule has 4 heteroatoms. The molecule has 4 aliphatic heterocycles. The Morgan fingerprint density at radius 2 is 1.61 bits per heavy atom. The predicted molar refractivity (Wildman–Crippen MR) is 150 cm³/mol. The second-order valence-corrected chi connectivity index (χ2v) is 12.3. The number of fused-ring (bicyclic) bond motifs is 4. The van der Waals surface area contributed by atoms with Crippen LogP contribution in [-0.4, -0.2) is 41.9 Å². The maximum atomic E-state index is 6.48. The monoisotopic (exact) mass is 498 g/mol. The first-order valence-corrected chi connectivity index (χ1v) is 14.7. The van der Waals surface area contributed by atoms with Gasteiger partial charge >= 0.3 is 0 Å². The van der Waals surface area contributed by atoms with Gasteiger partial charge in [0, 0.05) is 41.4 Å². The summed E-state index contributed by atoms with van der Waals surface area (Å²) < 4.78 is 6.48. The van der Waals surface area contributed by atoms with Crippen molar-refractivity contribution in [2.45, 2.75) is 68.2 Å². The highest BCUT2D eigenvalue weighted by Crippen LogP contribution is 2.43. The van der Waals surface area contributed by atoms with Gasteiger partial charge in [-0.15, -0.1) is 11.8 Å². The Hall–Kier alpha value is -2.27. The van der Waals surface area contributed by atoms with E-state index in [4.69, 9.17) is 4.74 Å². The fourth-order valence-corrected chi connectivity index (χ4v) is 7.45. The van der Waals surface area contributed by atoms with E-state index in [0.29, 0.717) is 23.9 Å². The van der Waals surface area contributed by atoms with Crippen LogP contribution in [0.4, 0.5) is 0 Å². The van der Waals surface area contributed by atoms with E-state index < -0.39 is 0 Å². The summed E-state index contributed by atoms with van der Waals surface area (Å²) in [5, 5.41) is 4.12. The molecule has 0 spiro atoms. The molecule has 3 fully saturated rings. The third kappa shape index (κ3) is 4.60. The first kappa shape index (κ1) is 24.1. The van der Waals surface area contributed by atoms with E-state index in [-0.39, 0.29) is 5.60 Å². The fourth-order valence-electron chi connectivity index (χ4n) is 6.93. The second-order valence-electron chi connectivity index (χ2n) is 11.4. The zero-order valence-electron chi connectivity index (χ0n) is 21.7. The van der Waals surface area contributed by atoms with Gasteiger partial charge in [0.2, 0.25) is 0 Å². The molecule has 4 heterocycles. The largest absolute Gasteiger partial charge is 0.487 e. The molecule has 188 valence electrons. The molecule has 1 N–H and O–H groups in total. The lowest BCUT2D eigenvalue weighted by Crippen LogP contribution is -2.64.